The molecule has 1 aromatic carbocycles. The molecule has 0 saturated carbocycles. The van der Waals surface area contributed by atoms with Crippen LogP contribution in [0, 0.1) is 11.3 Å². The van der Waals surface area contributed by atoms with Crippen LogP contribution >= 0.6 is 0 Å². The Morgan fingerprint density at radius 3 is 2.56 bits per heavy atom. The molecule has 1 aliphatic rings. The number of hydrogen-bond acceptors (Lipinski definition) is 4. The highest BCUT2D eigenvalue weighted by Gasteiger charge is 2.22. The minimum Gasteiger partial charge on any atom is -0.398 e. The highest BCUT2D eigenvalue weighted by Crippen LogP contribution is 2.21. The predicted octanol–water partition coefficient (Wildman–Crippen LogP) is 1.14. The van der Waals surface area contributed by atoms with Crippen molar-refractivity contribution in [2.24, 2.45) is 0 Å². The normalized spacial score (nSPS) is 15.7. The van der Waals surface area contributed by atoms with Crippen LogP contribution in [0.5, 0.6) is 0 Å². The molecule has 0 amide bonds. The molecule has 0 atom stereocenters. The molecule has 1 aromatic rings. The summed E-state index contributed by atoms with van der Waals surface area (Å²) in [6.45, 7) is 0. The molecule has 3 N–H and O–H groups in total. The van der Waals surface area contributed by atoms with Crippen LogP contribution in [-0.4, -0.2) is 14.5 Å². The summed E-state index contributed by atoms with van der Waals surface area (Å²) in [5.41, 5.74) is 6.10. The Hall–Kier alpha value is -1.84. The zero-order valence-corrected chi connectivity index (χ0v) is 10.4. The molecule has 6 heteroatoms. The lowest BCUT2D eigenvalue weighted by atomic mass is 10.2. The topological polar surface area (TPSA) is 96.0 Å². The first-order valence-electron chi connectivity index (χ1n) is 5.50. The highest BCUT2D eigenvalue weighted by molar-refractivity contribution is 7.89. The van der Waals surface area contributed by atoms with Gasteiger partial charge in [-0.3, -0.25) is 0 Å². The fraction of sp³-hybridized carbons (Fsp3) is 0.250. The van der Waals surface area contributed by atoms with Crippen LogP contribution in [0.3, 0.4) is 0 Å². The second-order valence-corrected chi connectivity index (χ2v) is 5.81. The molecule has 18 heavy (non-hydrogen) atoms. The Morgan fingerprint density at radius 1 is 1.33 bits per heavy atom. The molecule has 0 radical (unpaired) electrons. The second-order valence-electron chi connectivity index (χ2n) is 4.13. The highest BCUT2D eigenvalue weighted by atomic mass is 32.2. The summed E-state index contributed by atoms with van der Waals surface area (Å²) >= 11 is 0. The predicted molar refractivity (Wildman–Crippen MR) is 68.1 cm³/mol. The number of sulfonamides is 1. The van der Waals surface area contributed by atoms with Crippen LogP contribution in [0.25, 0.3) is 0 Å². The van der Waals surface area contributed by atoms with Crippen LogP contribution in [0.4, 0.5) is 5.69 Å². The zero-order valence-electron chi connectivity index (χ0n) is 9.63. The summed E-state index contributed by atoms with van der Waals surface area (Å²) in [6.07, 6.45) is 5.26. The van der Waals surface area contributed by atoms with Crippen LogP contribution in [-0.2, 0) is 10.0 Å². The number of nitrogen functional groups attached to an aromatic ring is 1. The molecule has 0 unspecified atom stereocenters. The fourth-order valence-corrected chi connectivity index (χ4v) is 3.23. The van der Waals surface area contributed by atoms with E-state index in [1.165, 1.54) is 18.2 Å². The molecule has 2 rings (SSSR count). The lowest BCUT2D eigenvalue weighted by Crippen LogP contribution is -2.33. The van der Waals surface area contributed by atoms with E-state index < -0.39 is 10.0 Å². The first-order valence-corrected chi connectivity index (χ1v) is 6.98. The lowest BCUT2D eigenvalue weighted by molar-refractivity contribution is 0.558. The van der Waals surface area contributed by atoms with Gasteiger partial charge >= 0.3 is 0 Å². The number of nitrogens with one attached hydrogen (secondary N) is 1. The first-order chi connectivity index (χ1) is 8.53. The summed E-state index contributed by atoms with van der Waals surface area (Å²) in [5, 5.41) is 8.71. The van der Waals surface area contributed by atoms with Gasteiger partial charge in [-0.25, -0.2) is 13.1 Å². The number of nitrogens with two attached hydrogens (primary N) is 1. The molecule has 5 nitrogen and oxygen atoms in total. The van der Waals surface area contributed by atoms with Gasteiger partial charge in [0.05, 0.1) is 17.3 Å². The number of nitrogens with zero attached hydrogens (tertiary/aromatic N) is 1. The van der Waals surface area contributed by atoms with E-state index in [2.05, 4.69) is 4.72 Å². The van der Waals surface area contributed by atoms with Crippen molar-refractivity contribution in [3.8, 4) is 6.07 Å². The van der Waals surface area contributed by atoms with E-state index in [1.807, 2.05) is 18.2 Å². The molecular formula is C12H13N3O2S. The minimum absolute atomic E-state index is 0.0217. The van der Waals surface area contributed by atoms with Crippen molar-refractivity contribution < 1.29 is 8.42 Å². The number of rotatable bonds is 3. The van der Waals surface area contributed by atoms with E-state index in [1.54, 1.807) is 0 Å². The summed E-state index contributed by atoms with van der Waals surface area (Å²) in [5.74, 6) is 0. The average Bonchev–Trinajstić information content (AvgIpc) is 2.80. The van der Waals surface area contributed by atoms with Crippen molar-refractivity contribution in [3.63, 3.8) is 0 Å². The maximum atomic E-state index is 12.1. The number of nitriles is 1. The molecule has 0 bridgehead atoms. The van der Waals surface area contributed by atoms with Gasteiger partial charge in [-0.1, -0.05) is 12.2 Å². The molecule has 0 aliphatic heterocycles. The van der Waals surface area contributed by atoms with Gasteiger partial charge in [0.25, 0.3) is 0 Å². The van der Waals surface area contributed by atoms with Crippen molar-refractivity contribution in [1.29, 1.82) is 5.26 Å². The summed E-state index contributed by atoms with van der Waals surface area (Å²) in [6, 6.07) is 5.97. The third kappa shape index (κ3) is 2.53. The molecule has 0 aromatic heterocycles. The monoisotopic (exact) mass is 263 g/mol. The van der Waals surface area contributed by atoms with Crippen molar-refractivity contribution >= 4 is 15.7 Å². The Kier molecular flexibility index (Phi) is 3.36. The van der Waals surface area contributed by atoms with Gasteiger partial charge in [-0.05, 0) is 31.0 Å². The van der Waals surface area contributed by atoms with Crippen molar-refractivity contribution in [2.75, 3.05) is 5.73 Å². The van der Waals surface area contributed by atoms with E-state index >= 15 is 0 Å². The van der Waals surface area contributed by atoms with Gasteiger partial charge in [0.15, 0.2) is 0 Å². The lowest BCUT2D eigenvalue weighted by Gasteiger charge is -2.14. The molecule has 0 heterocycles. The van der Waals surface area contributed by atoms with E-state index in [4.69, 9.17) is 11.0 Å². The molecule has 1 aliphatic carbocycles. The van der Waals surface area contributed by atoms with Gasteiger partial charge in [0.2, 0.25) is 10.0 Å². The van der Waals surface area contributed by atoms with E-state index in [0.717, 1.165) is 0 Å². The van der Waals surface area contributed by atoms with E-state index in [-0.39, 0.29) is 16.6 Å². The van der Waals surface area contributed by atoms with Crippen LogP contribution in [0.2, 0.25) is 0 Å². The van der Waals surface area contributed by atoms with Crippen molar-refractivity contribution in [2.45, 2.75) is 23.8 Å². The Morgan fingerprint density at radius 2 is 2.00 bits per heavy atom. The van der Waals surface area contributed by atoms with Crippen LogP contribution < -0.4 is 10.5 Å². The molecule has 0 fully saturated rings. The third-order valence-corrected chi connectivity index (χ3v) is 4.35. The minimum atomic E-state index is -3.62. The Bertz CT molecular complexity index is 621. The smallest absolute Gasteiger partial charge is 0.242 e. The molecular weight excluding hydrogens is 250 g/mol. The Labute approximate surface area is 106 Å². The number of benzene rings is 1. The average molecular weight is 263 g/mol. The standard InChI is InChI=1S/C12H13N3O2S/c13-8-9-5-6-12(11(14)7-9)18(16,17)15-10-3-1-2-4-10/h1-2,5-7,10,15H,3-4,14H2. The summed E-state index contributed by atoms with van der Waals surface area (Å²) in [7, 11) is -3.62. The summed E-state index contributed by atoms with van der Waals surface area (Å²) in [4.78, 5) is 0.0217. The van der Waals surface area contributed by atoms with E-state index in [9.17, 15) is 8.42 Å². The molecule has 94 valence electrons. The van der Waals surface area contributed by atoms with Gasteiger partial charge < -0.3 is 5.73 Å². The zero-order chi connectivity index (χ0) is 13.2. The van der Waals surface area contributed by atoms with Gasteiger partial charge in [-0.15, -0.1) is 0 Å². The molecule has 0 saturated heterocycles. The van der Waals surface area contributed by atoms with Gasteiger partial charge in [0.1, 0.15) is 4.90 Å². The SMILES string of the molecule is N#Cc1ccc(S(=O)(=O)NC2CC=CC2)c(N)c1. The van der Waals surface area contributed by atoms with Crippen molar-refractivity contribution in [3.05, 3.63) is 35.9 Å². The molecule has 0 spiro atoms. The number of hydrogen-bond donors (Lipinski definition) is 2. The van der Waals surface area contributed by atoms with Gasteiger partial charge in [0, 0.05) is 6.04 Å². The number of anilines is 1. The maximum Gasteiger partial charge on any atom is 0.242 e. The van der Waals surface area contributed by atoms with Crippen LogP contribution in [0.15, 0.2) is 35.2 Å². The maximum absolute atomic E-state index is 12.1. The van der Waals surface area contributed by atoms with Crippen molar-refractivity contribution in [1.82, 2.24) is 4.72 Å². The third-order valence-electron chi connectivity index (χ3n) is 2.76. The largest absolute Gasteiger partial charge is 0.398 e. The first kappa shape index (κ1) is 12.6. The fourth-order valence-electron chi connectivity index (χ4n) is 1.86. The Balaban J connectivity index is 2.27. The van der Waals surface area contributed by atoms with Gasteiger partial charge in [-0.2, -0.15) is 5.26 Å². The van der Waals surface area contributed by atoms with E-state index in [0.29, 0.717) is 18.4 Å². The summed E-state index contributed by atoms with van der Waals surface area (Å²) < 4.78 is 26.8. The van der Waals surface area contributed by atoms with Crippen LogP contribution in [0.1, 0.15) is 18.4 Å². The quantitative estimate of drug-likeness (QED) is 0.631. The second kappa shape index (κ2) is 4.80.